The van der Waals surface area contributed by atoms with E-state index in [-0.39, 0.29) is 17.2 Å². The number of hydrogen-bond acceptors (Lipinski definition) is 4. The molecule has 1 heterocycles. The maximum atomic E-state index is 14.2. The van der Waals surface area contributed by atoms with Crippen LogP contribution in [0.5, 0.6) is 17.2 Å². The number of anilines is 1. The van der Waals surface area contributed by atoms with Crippen LogP contribution >= 0.6 is 0 Å². The van der Waals surface area contributed by atoms with Crippen molar-refractivity contribution in [3.8, 4) is 17.2 Å². The van der Waals surface area contributed by atoms with Gasteiger partial charge in [-0.15, -0.1) is 0 Å². The zero-order chi connectivity index (χ0) is 16.4. The first-order chi connectivity index (χ1) is 11.1. The summed E-state index contributed by atoms with van der Waals surface area (Å²) in [4.78, 5) is 1.52. The number of phenols is 1. The normalized spacial score (nSPS) is 14.8. The highest BCUT2D eigenvalue weighted by atomic mass is 19.2. The second kappa shape index (κ2) is 6.37. The summed E-state index contributed by atoms with van der Waals surface area (Å²) < 4.78 is 52.5. The fourth-order valence-corrected chi connectivity index (χ4v) is 2.39. The number of hydrogen-bond donors (Lipinski definition) is 1. The van der Waals surface area contributed by atoms with Crippen molar-refractivity contribution in [2.45, 2.75) is 0 Å². The number of aromatic hydroxyl groups is 1. The summed E-state index contributed by atoms with van der Waals surface area (Å²) in [6.45, 7) is 1.32. The van der Waals surface area contributed by atoms with E-state index in [2.05, 4.69) is 0 Å². The van der Waals surface area contributed by atoms with Gasteiger partial charge in [0.2, 0.25) is 5.82 Å². The number of halogens is 3. The van der Waals surface area contributed by atoms with Crippen molar-refractivity contribution < 1.29 is 27.8 Å². The van der Waals surface area contributed by atoms with Crippen molar-refractivity contribution >= 4 is 5.69 Å². The molecule has 0 aromatic heterocycles. The lowest BCUT2D eigenvalue weighted by Crippen LogP contribution is -2.37. The lowest BCUT2D eigenvalue weighted by Gasteiger charge is -2.30. The van der Waals surface area contributed by atoms with Crippen molar-refractivity contribution in [2.75, 3.05) is 31.2 Å². The van der Waals surface area contributed by atoms with Crippen molar-refractivity contribution in [3.05, 3.63) is 47.8 Å². The molecule has 3 rings (SSSR count). The number of benzene rings is 2. The maximum absolute atomic E-state index is 14.2. The Balaban J connectivity index is 2.08. The van der Waals surface area contributed by atoms with Crippen LogP contribution in [0.3, 0.4) is 0 Å². The first kappa shape index (κ1) is 15.5. The van der Waals surface area contributed by atoms with Crippen LogP contribution in [0, 0.1) is 17.5 Å². The zero-order valence-corrected chi connectivity index (χ0v) is 12.1. The molecule has 0 saturated carbocycles. The van der Waals surface area contributed by atoms with Crippen LogP contribution < -0.4 is 9.64 Å². The van der Waals surface area contributed by atoms with Crippen LogP contribution in [-0.4, -0.2) is 31.4 Å². The molecule has 1 aliphatic rings. The Morgan fingerprint density at radius 2 is 1.74 bits per heavy atom. The van der Waals surface area contributed by atoms with Crippen molar-refractivity contribution in [3.63, 3.8) is 0 Å². The summed E-state index contributed by atoms with van der Waals surface area (Å²) >= 11 is 0. The van der Waals surface area contributed by atoms with E-state index >= 15 is 0 Å². The summed E-state index contributed by atoms with van der Waals surface area (Å²) in [5.41, 5.74) is -0.185. The fraction of sp³-hybridized carbons (Fsp3) is 0.250. The Morgan fingerprint density at radius 1 is 1.04 bits per heavy atom. The average Bonchev–Trinajstić information content (AvgIpc) is 2.55. The largest absolute Gasteiger partial charge is 0.504 e. The fourth-order valence-electron chi connectivity index (χ4n) is 2.39. The van der Waals surface area contributed by atoms with E-state index in [4.69, 9.17) is 9.47 Å². The lowest BCUT2D eigenvalue weighted by atomic mass is 10.2. The Hall–Kier alpha value is -2.41. The molecule has 1 saturated heterocycles. The van der Waals surface area contributed by atoms with Crippen molar-refractivity contribution in [1.29, 1.82) is 0 Å². The third-order valence-electron chi connectivity index (χ3n) is 3.51. The summed E-state index contributed by atoms with van der Waals surface area (Å²) in [5.74, 6) is -4.54. The van der Waals surface area contributed by atoms with Crippen LogP contribution in [0.25, 0.3) is 0 Å². The van der Waals surface area contributed by atoms with Gasteiger partial charge in [-0.3, -0.25) is 0 Å². The highest BCUT2D eigenvalue weighted by Gasteiger charge is 2.27. The number of para-hydroxylation sites is 2. The quantitative estimate of drug-likeness (QED) is 0.878. The molecule has 23 heavy (non-hydrogen) atoms. The Bertz CT molecular complexity index is 718. The molecule has 1 N–H and O–H groups in total. The van der Waals surface area contributed by atoms with Crippen molar-refractivity contribution in [2.24, 2.45) is 0 Å². The standard InChI is InChI=1S/C16H14F3NO3/c17-10-9-11(18)15(20-5-7-22-8-6-20)16(14(10)19)23-13-4-2-1-3-12(13)21/h1-4,9,21H,5-8H2. The summed E-state index contributed by atoms with van der Waals surface area (Å²) in [6, 6.07) is 6.29. The van der Waals surface area contributed by atoms with Gasteiger partial charge in [-0.1, -0.05) is 12.1 Å². The van der Waals surface area contributed by atoms with Gasteiger partial charge in [0.25, 0.3) is 0 Å². The third-order valence-corrected chi connectivity index (χ3v) is 3.51. The number of morpholine rings is 1. The molecule has 0 spiro atoms. The number of phenolic OH excluding ortho intramolecular Hbond substituents is 1. The average molecular weight is 325 g/mol. The molecule has 122 valence electrons. The molecule has 2 aromatic carbocycles. The van der Waals surface area contributed by atoms with Gasteiger partial charge >= 0.3 is 0 Å². The number of rotatable bonds is 3. The third kappa shape index (κ3) is 3.05. The van der Waals surface area contributed by atoms with Crippen LogP contribution in [-0.2, 0) is 4.74 Å². The molecule has 2 aromatic rings. The second-order valence-corrected chi connectivity index (χ2v) is 5.00. The first-order valence-corrected chi connectivity index (χ1v) is 7.04. The second-order valence-electron chi connectivity index (χ2n) is 5.00. The van der Waals surface area contributed by atoms with E-state index in [1.165, 1.54) is 17.0 Å². The van der Waals surface area contributed by atoms with Gasteiger partial charge in [0.1, 0.15) is 5.69 Å². The number of nitrogens with zero attached hydrogens (tertiary/aromatic N) is 1. The van der Waals surface area contributed by atoms with Gasteiger partial charge in [-0.2, -0.15) is 4.39 Å². The lowest BCUT2D eigenvalue weighted by molar-refractivity contribution is 0.122. The molecule has 1 aliphatic heterocycles. The molecule has 0 bridgehead atoms. The molecule has 0 atom stereocenters. The Labute approximate surface area is 130 Å². The van der Waals surface area contributed by atoms with Gasteiger partial charge in [0.15, 0.2) is 28.9 Å². The highest BCUT2D eigenvalue weighted by molar-refractivity contribution is 5.62. The maximum Gasteiger partial charge on any atom is 0.203 e. The molecule has 0 unspecified atom stereocenters. The van der Waals surface area contributed by atoms with Gasteiger partial charge in [0.05, 0.1) is 13.2 Å². The van der Waals surface area contributed by atoms with Gasteiger partial charge in [-0.05, 0) is 12.1 Å². The highest BCUT2D eigenvalue weighted by Crippen LogP contribution is 2.41. The zero-order valence-electron chi connectivity index (χ0n) is 12.1. The SMILES string of the molecule is Oc1ccccc1Oc1c(F)c(F)cc(F)c1N1CCOCC1. The van der Waals surface area contributed by atoms with Crippen molar-refractivity contribution in [1.82, 2.24) is 0 Å². The van der Waals surface area contributed by atoms with Crippen LogP contribution in [0.1, 0.15) is 0 Å². The van der Waals surface area contributed by atoms with Gasteiger partial charge in [-0.25, -0.2) is 8.78 Å². The molecule has 1 fully saturated rings. The smallest absolute Gasteiger partial charge is 0.203 e. The molecule has 0 amide bonds. The Morgan fingerprint density at radius 3 is 2.43 bits per heavy atom. The molecular formula is C16H14F3NO3. The predicted molar refractivity (Wildman–Crippen MR) is 77.5 cm³/mol. The monoisotopic (exact) mass is 325 g/mol. The molecule has 0 aliphatic carbocycles. The van der Waals surface area contributed by atoms with E-state index < -0.39 is 23.2 Å². The van der Waals surface area contributed by atoms with Crippen LogP contribution in [0.2, 0.25) is 0 Å². The van der Waals surface area contributed by atoms with E-state index in [1.54, 1.807) is 12.1 Å². The van der Waals surface area contributed by atoms with E-state index in [1.807, 2.05) is 0 Å². The van der Waals surface area contributed by atoms with Crippen LogP contribution in [0.15, 0.2) is 30.3 Å². The minimum Gasteiger partial charge on any atom is -0.504 e. The molecular weight excluding hydrogens is 311 g/mol. The van der Waals surface area contributed by atoms with Gasteiger partial charge in [0, 0.05) is 19.2 Å². The minimum atomic E-state index is -1.36. The van der Waals surface area contributed by atoms with E-state index in [0.29, 0.717) is 32.4 Å². The summed E-state index contributed by atoms with van der Waals surface area (Å²) in [6.07, 6.45) is 0. The van der Waals surface area contributed by atoms with E-state index in [9.17, 15) is 18.3 Å². The van der Waals surface area contributed by atoms with Gasteiger partial charge < -0.3 is 19.5 Å². The first-order valence-electron chi connectivity index (χ1n) is 7.04. The predicted octanol–water partition coefficient (Wildman–Crippen LogP) is 3.44. The summed E-state index contributed by atoms with van der Waals surface area (Å²) in [5, 5.41) is 9.73. The van der Waals surface area contributed by atoms with E-state index in [0.717, 1.165) is 0 Å². The molecule has 7 heteroatoms. The number of ether oxygens (including phenoxy) is 2. The Kier molecular flexibility index (Phi) is 4.29. The minimum absolute atomic E-state index is 0.0918. The molecule has 0 radical (unpaired) electrons. The molecule has 4 nitrogen and oxygen atoms in total. The van der Waals surface area contributed by atoms with Crippen LogP contribution in [0.4, 0.5) is 18.9 Å². The topological polar surface area (TPSA) is 41.9 Å². The summed E-state index contributed by atoms with van der Waals surface area (Å²) in [7, 11) is 0.